The van der Waals surface area contributed by atoms with E-state index in [1.165, 1.54) is 6.07 Å². The molecule has 2 rings (SSSR count). The molecule has 1 aromatic rings. The average Bonchev–Trinajstić information content (AvgIpc) is 3.01. The minimum Gasteiger partial charge on any atom is -0.433 e. The van der Waals surface area contributed by atoms with Crippen molar-refractivity contribution in [2.45, 2.75) is 45.5 Å². The number of para-hydroxylation sites is 1. The molecule has 1 aliphatic heterocycles. The summed E-state index contributed by atoms with van der Waals surface area (Å²) >= 11 is 0. The van der Waals surface area contributed by atoms with E-state index in [0.717, 1.165) is 12.8 Å². The van der Waals surface area contributed by atoms with Gasteiger partial charge in [0.25, 0.3) is 5.91 Å². The SMILES string of the molecule is Cc1cccc(OC(F)F)c1NC(=O)[C@H](C)OC[C@H]1CCCO1. The van der Waals surface area contributed by atoms with Gasteiger partial charge in [-0.2, -0.15) is 8.78 Å². The molecular weight excluding hydrogens is 308 g/mol. The van der Waals surface area contributed by atoms with Gasteiger partial charge in [-0.1, -0.05) is 12.1 Å². The van der Waals surface area contributed by atoms with Gasteiger partial charge in [0.15, 0.2) is 0 Å². The summed E-state index contributed by atoms with van der Waals surface area (Å²) in [5, 5.41) is 2.60. The van der Waals surface area contributed by atoms with Crippen LogP contribution in [0, 0.1) is 6.92 Å². The van der Waals surface area contributed by atoms with Crippen LogP contribution in [0.5, 0.6) is 5.75 Å². The molecule has 1 N–H and O–H groups in total. The van der Waals surface area contributed by atoms with E-state index in [4.69, 9.17) is 9.47 Å². The second kappa shape index (κ2) is 8.21. The Hall–Kier alpha value is -1.73. The van der Waals surface area contributed by atoms with Crippen molar-refractivity contribution >= 4 is 11.6 Å². The predicted molar refractivity (Wildman–Crippen MR) is 80.8 cm³/mol. The maximum atomic E-state index is 12.4. The highest BCUT2D eigenvalue weighted by atomic mass is 19.3. The first-order valence-electron chi connectivity index (χ1n) is 7.56. The lowest BCUT2D eigenvalue weighted by Crippen LogP contribution is -2.31. The van der Waals surface area contributed by atoms with Gasteiger partial charge in [-0.05, 0) is 38.3 Å². The van der Waals surface area contributed by atoms with Gasteiger partial charge in [0, 0.05) is 6.61 Å². The summed E-state index contributed by atoms with van der Waals surface area (Å²) in [5.74, 6) is -0.490. The number of amides is 1. The Morgan fingerprint density at radius 3 is 2.91 bits per heavy atom. The lowest BCUT2D eigenvalue weighted by Gasteiger charge is -2.18. The minimum atomic E-state index is -2.96. The number of nitrogens with one attached hydrogen (secondary N) is 1. The molecule has 0 aromatic heterocycles. The smallest absolute Gasteiger partial charge is 0.387 e. The molecule has 0 saturated carbocycles. The van der Waals surface area contributed by atoms with Gasteiger partial charge in [-0.25, -0.2) is 0 Å². The third-order valence-corrected chi connectivity index (χ3v) is 3.62. The maximum absolute atomic E-state index is 12.4. The van der Waals surface area contributed by atoms with E-state index in [1.54, 1.807) is 26.0 Å². The van der Waals surface area contributed by atoms with Crippen molar-refractivity contribution in [2.75, 3.05) is 18.5 Å². The van der Waals surface area contributed by atoms with Gasteiger partial charge in [-0.15, -0.1) is 0 Å². The Labute approximate surface area is 133 Å². The van der Waals surface area contributed by atoms with Crippen LogP contribution in [0.3, 0.4) is 0 Å². The van der Waals surface area contributed by atoms with Crippen LogP contribution in [0.4, 0.5) is 14.5 Å². The average molecular weight is 329 g/mol. The van der Waals surface area contributed by atoms with Crippen LogP contribution in [-0.4, -0.2) is 37.9 Å². The fourth-order valence-corrected chi connectivity index (χ4v) is 2.32. The monoisotopic (exact) mass is 329 g/mol. The molecule has 1 amide bonds. The highest BCUT2D eigenvalue weighted by Crippen LogP contribution is 2.29. The molecule has 1 aromatic carbocycles. The van der Waals surface area contributed by atoms with Crippen molar-refractivity contribution in [1.82, 2.24) is 0 Å². The van der Waals surface area contributed by atoms with E-state index in [9.17, 15) is 13.6 Å². The Bertz CT molecular complexity index is 533. The van der Waals surface area contributed by atoms with Crippen molar-refractivity contribution in [3.63, 3.8) is 0 Å². The summed E-state index contributed by atoms with van der Waals surface area (Å²) in [6, 6.07) is 4.67. The number of hydrogen-bond acceptors (Lipinski definition) is 4. The van der Waals surface area contributed by atoms with Crippen molar-refractivity contribution in [3.05, 3.63) is 23.8 Å². The topological polar surface area (TPSA) is 56.8 Å². The number of halogens is 2. The van der Waals surface area contributed by atoms with Crippen LogP contribution >= 0.6 is 0 Å². The van der Waals surface area contributed by atoms with Crippen molar-refractivity contribution in [1.29, 1.82) is 0 Å². The zero-order chi connectivity index (χ0) is 16.8. The van der Waals surface area contributed by atoms with Crippen molar-refractivity contribution in [3.8, 4) is 5.75 Å². The molecule has 1 aliphatic rings. The number of carbonyl (C=O) groups is 1. The Balaban J connectivity index is 1.95. The summed E-state index contributed by atoms with van der Waals surface area (Å²) in [4.78, 5) is 12.2. The zero-order valence-corrected chi connectivity index (χ0v) is 13.2. The molecule has 0 radical (unpaired) electrons. The summed E-state index contributed by atoms with van der Waals surface area (Å²) in [6.45, 7) is 1.40. The van der Waals surface area contributed by atoms with E-state index in [0.29, 0.717) is 18.8 Å². The van der Waals surface area contributed by atoms with Crippen LogP contribution in [0.25, 0.3) is 0 Å². The highest BCUT2D eigenvalue weighted by molar-refractivity contribution is 5.96. The number of ether oxygens (including phenoxy) is 3. The second-order valence-corrected chi connectivity index (χ2v) is 5.43. The number of aryl methyl sites for hydroxylation is 1. The van der Waals surface area contributed by atoms with Crippen LogP contribution in [0.2, 0.25) is 0 Å². The fraction of sp³-hybridized carbons (Fsp3) is 0.562. The number of anilines is 1. The van der Waals surface area contributed by atoms with Gasteiger partial charge in [-0.3, -0.25) is 4.79 Å². The zero-order valence-electron chi connectivity index (χ0n) is 13.2. The molecule has 0 bridgehead atoms. The van der Waals surface area contributed by atoms with Gasteiger partial charge in [0.2, 0.25) is 0 Å². The molecule has 1 fully saturated rings. The molecule has 0 spiro atoms. The number of hydrogen-bond donors (Lipinski definition) is 1. The first-order valence-corrected chi connectivity index (χ1v) is 7.56. The van der Waals surface area contributed by atoms with E-state index in [2.05, 4.69) is 10.1 Å². The largest absolute Gasteiger partial charge is 0.433 e. The van der Waals surface area contributed by atoms with Crippen LogP contribution in [0.15, 0.2) is 18.2 Å². The van der Waals surface area contributed by atoms with E-state index < -0.39 is 18.6 Å². The molecule has 5 nitrogen and oxygen atoms in total. The van der Waals surface area contributed by atoms with Crippen LogP contribution in [0.1, 0.15) is 25.3 Å². The Morgan fingerprint density at radius 2 is 2.26 bits per heavy atom. The standard InChI is InChI=1S/C16H21F2NO4/c1-10-5-3-7-13(23-16(17)18)14(10)19-15(20)11(2)22-9-12-6-4-8-21-12/h3,5,7,11-12,16H,4,6,8-9H2,1-2H3,(H,19,20)/t11-,12+/m0/s1. The molecule has 0 unspecified atom stereocenters. The lowest BCUT2D eigenvalue weighted by atomic mass is 10.1. The molecule has 23 heavy (non-hydrogen) atoms. The summed E-state index contributed by atoms with van der Waals surface area (Å²) in [7, 11) is 0. The molecule has 0 aliphatic carbocycles. The van der Waals surface area contributed by atoms with Gasteiger partial charge in [0.1, 0.15) is 11.9 Å². The Morgan fingerprint density at radius 1 is 1.48 bits per heavy atom. The first-order chi connectivity index (χ1) is 11.0. The summed E-state index contributed by atoms with van der Waals surface area (Å²) in [6.07, 6.45) is 1.20. The van der Waals surface area contributed by atoms with E-state index in [1.807, 2.05) is 0 Å². The molecule has 1 heterocycles. The van der Waals surface area contributed by atoms with Gasteiger partial charge in [0.05, 0.1) is 18.4 Å². The van der Waals surface area contributed by atoms with Crippen molar-refractivity contribution in [2.24, 2.45) is 0 Å². The number of rotatable bonds is 7. The maximum Gasteiger partial charge on any atom is 0.387 e. The molecule has 7 heteroatoms. The second-order valence-electron chi connectivity index (χ2n) is 5.43. The minimum absolute atomic E-state index is 0.0152. The van der Waals surface area contributed by atoms with Gasteiger partial charge < -0.3 is 19.5 Å². The molecule has 1 saturated heterocycles. The molecular formula is C16H21F2NO4. The van der Waals surface area contributed by atoms with Gasteiger partial charge >= 0.3 is 6.61 Å². The Kier molecular flexibility index (Phi) is 6.29. The summed E-state index contributed by atoms with van der Waals surface area (Å²) in [5.41, 5.74) is 0.855. The molecule has 2 atom stereocenters. The normalized spacial score (nSPS) is 18.9. The lowest BCUT2D eigenvalue weighted by molar-refractivity contribution is -0.128. The number of benzene rings is 1. The highest BCUT2D eigenvalue weighted by Gasteiger charge is 2.21. The first kappa shape index (κ1) is 17.6. The fourth-order valence-electron chi connectivity index (χ4n) is 2.32. The number of alkyl halides is 2. The quantitative estimate of drug-likeness (QED) is 0.835. The molecule has 128 valence electrons. The van der Waals surface area contributed by atoms with Crippen LogP contribution in [-0.2, 0) is 14.3 Å². The van der Waals surface area contributed by atoms with E-state index in [-0.39, 0.29) is 17.5 Å². The summed E-state index contributed by atoms with van der Waals surface area (Å²) < 4.78 is 40.3. The number of carbonyl (C=O) groups excluding carboxylic acids is 1. The van der Waals surface area contributed by atoms with E-state index >= 15 is 0 Å². The third-order valence-electron chi connectivity index (χ3n) is 3.62. The van der Waals surface area contributed by atoms with Crippen molar-refractivity contribution < 1.29 is 27.8 Å². The van der Waals surface area contributed by atoms with Crippen LogP contribution < -0.4 is 10.1 Å². The third kappa shape index (κ3) is 5.14. The predicted octanol–water partition coefficient (Wildman–Crippen LogP) is 3.12.